The molecule has 0 aromatic carbocycles. The summed E-state index contributed by atoms with van der Waals surface area (Å²) in [6.07, 6.45) is -3.50. The number of nitrogens with two attached hydrogens (primary N) is 1. The summed E-state index contributed by atoms with van der Waals surface area (Å²) in [5.74, 6) is -0.294. The minimum absolute atomic E-state index is 0.0526. The van der Waals surface area contributed by atoms with E-state index >= 15 is 0 Å². The lowest BCUT2D eigenvalue weighted by Crippen LogP contribution is -2.29. The van der Waals surface area contributed by atoms with Crippen molar-refractivity contribution >= 4 is 21.6 Å². The first-order valence-corrected chi connectivity index (χ1v) is 7.34. The van der Waals surface area contributed by atoms with Gasteiger partial charge in [-0.2, -0.15) is 13.2 Å². The zero-order chi connectivity index (χ0) is 12.1. The maximum atomic E-state index is 12.3. The minimum atomic E-state index is -4.32. The van der Waals surface area contributed by atoms with Gasteiger partial charge in [-0.25, -0.2) is 8.42 Å². The smallest absolute Gasteiger partial charge is 0.330 e. The van der Waals surface area contributed by atoms with Gasteiger partial charge in [0.1, 0.15) is 15.1 Å². The average Bonchev–Trinajstić information content (AvgIpc) is 1.98. The molecular formula is C7H14F3NO2S2. The topological polar surface area (TPSA) is 60.2 Å². The molecule has 0 aliphatic rings. The average molecular weight is 265 g/mol. The van der Waals surface area contributed by atoms with Crippen molar-refractivity contribution in [3.8, 4) is 0 Å². The molecule has 92 valence electrons. The van der Waals surface area contributed by atoms with Crippen molar-refractivity contribution in [3.05, 3.63) is 0 Å². The molecule has 8 heteroatoms. The Morgan fingerprint density at radius 2 is 1.93 bits per heavy atom. The van der Waals surface area contributed by atoms with Crippen molar-refractivity contribution in [1.82, 2.24) is 0 Å². The third-order valence-electron chi connectivity index (χ3n) is 1.57. The molecule has 2 N–H and O–H groups in total. The lowest BCUT2D eigenvalue weighted by molar-refractivity contribution is -0.129. The summed E-state index contributed by atoms with van der Waals surface area (Å²) in [4.78, 5) is 0. The van der Waals surface area contributed by atoms with Gasteiger partial charge in [-0.1, -0.05) is 0 Å². The number of halogens is 3. The molecule has 0 bridgehead atoms. The Hall–Kier alpha value is 0.0500. The molecule has 0 rings (SSSR count). The Morgan fingerprint density at radius 1 is 1.40 bits per heavy atom. The quantitative estimate of drug-likeness (QED) is 0.779. The van der Waals surface area contributed by atoms with Gasteiger partial charge in [0.2, 0.25) is 0 Å². The van der Waals surface area contributed by atoms with Crippen molar-refractivity contribution < 1.29 is 21.6 Å². The van der Waals surface area contributed by atoms with E-state index < -0.39 is 21.3 Å². The Kier molecular flexibility index (Phi) is 5.97. The van der Waals surface area contributed by atoms with Crippen molar-refractivity contribution in [1.29, 1.82) is 0 Å². The maximum absolute atomic E-state index is 12.3. The second kappa shape index (κ2) is 5.95. The van der Waals surface area contributed by atoms with E-state index in [4.69, 9.17) is 5.73 Å². The van der Waals surface area contributed by atoms with Crippen molar-refractivity contribution in [2.24, 2.45) is 5.73 Å². The van der Waals surface area contributed by atoms with Crippen molar-refractivity contribution in [2.75, 3.05) is 24.3 Å². The summed E-state index contributed by atoms with van der Waals surface area (Å²) in [6.45, 7) is -0.0595. The van der Waals surface area contributed by atoms with Gasteiger partial charge in [0.25, 0.3) is 0 Å². The molecule has 1 atom stereocenters. The van der Waals surface area contributed by atoms with Crippen LogP contribution in [0.5, 0.6) is 0 Å². The highest BCUT2D eigenvalue weighted by atomic mass is 32.2. The first-order valence-electron chi connectivity index (χ1n) is 4.23. The van der Waals surface area contributed by atoms with Gasteiger partial charge in [0.05, 0.1) is 5.75 Å². The predicted molar refractivity (Wildman–Crippen MR) is 55.7 cm³/mol. The van der Waals surface area contributed by atoms with Crippen LogP contribution < -0.4 is 5.73 Å². The molecule has 0 saturated carbocycles. The second-order valence-electron chi connectivity index (χ2n) is 3.11. The Morgan fingerprint density at radius 3 is 2.27 bits per heavy atom. The fourth-order valence-electron chi connectivity index (χ4n) is 0.835. The summed E-state index contributed by atoms with van der Waals surface area (Å²) >= 11 is 0.596. The van der Waals surface area contributed by atoms with Crippen LogP contribution in [0.3, 0.4) is 0 Å². The van der Waals surface area contributed by atoms with Crippen LogP contribution in [-0.4, -0.2) is 44.2 Å². The van der Waals surface area contributed by atoms with Crippen molar-refractivity contribution in [2.45, 2.75) is 17.8 Å². The molecule has 0 fully saturated rings. The van der Waals surface area contributed by atoms with E-state index in [1.807, 2.05) is 0 Å². The zero-order valence-electron chi connectivity index (χ0n) is 8.25. The van der Waals surface area contributed by atoms with Crippen LogP contribution in [0.25, 0.3) is 0 Å². The van der Waals surface area contributed by atoms with Gasteiger partial charge >= 0.3 is 6.18 Å². The highest BCUT2D eigenvalue weighted by molar-refractivity contribution is 8.01. The van der Waals surface area contributed by atoms with E-state index in [0.717, 1.165) is 6.26 Å². The lowest BCUT2D eigenvalue weighted by atomic mass is 10.3. The van der Waals surface area contributed by atoms with Crippen LogP contribution in [0.4, 0.5) is 13.2 Å². The van der Waals surface area contributed by atoms with Gasteiger partial charge < -0.3 is 5.73 Å². The van der Waals surface area contributed by atoms with Crippen LogP contribution >= 0.6 is 11.8 Å². The van der Waals surface area contributed by atoms with Crippen LogP contribution in [0.2, 0.25) is 0 Å². The lowest BCUT2D eigenvalue weighted by Gasteiger charge is -2.18. The standard InChI is InChI=1S/C7H14F3NO2S2/c1-15(12,13)5-4-14-6(2-3-11)7(8,9)10/h6H,2-5,11H2,1H3. The fraction of sp³-hybridized carbons (Fsp3) is 1.00. The molecule has 15 heavy (non-hydrogen) atoms. The number of hydrogen-bond acceptors (Lipinski definition) is 4. The largest absolute Gasteiger partial charge is 0.400 e. The zero-order valence-corrected chi connectivity index (χ0v) is 9.88. The first kappa shape index (κ1) is 15.0. The van der Waals surface area contributed by atoms with Gasteiger partial charge in [-0.3, -0.25) is 0 Å². The van der Waals surface area contributed by atoms with Gasteiger partial charge in [0, 0.05) is 12.0 Å². The van der Waals surface area contributed by atoms with E-state index in [0.29, 0.717) is 11.8 Å². The van der Waals surface area contributed by atoms with Crippen LogP contribution in [-0.2, 0) is 9.84 Å². The Labute approximate surface area is 91.5 Å². The summed E-state index contributed by atoms with van der Waals surface area (Å²) in [6, 6.07) is 0. The predicted octanol–water partition coefficient (Wildman–Crippen LogP) is 1.04. The molecule has 0 heterocycles. The molecule has 0 spiro atoms. The molecule has 0 aromatic rings. The van der Waals surface area contributed by atoms with E-state index in [-0.39, 0.29) is 24.5 Å². The highest BCUT2D eigenvalue weighted by Gasteiger charge is 2.39. The minimum Gasteiger partial charge on any atom is -0.330 e. The fourth-order valence-corrected chi connectivity index (χ4v) is 3.21. The highest BCUT2D eigenvalue weighted by Crippen LogP contribution is 2.32. The third kappa shape index (κ3) is 7.92. The summed E-state index contributed by atoms with van der Waals surface area (Å²) in [5.41, 5.74) is 5.05. The van der Waals surface area contributed by atoms with Gasteiger partial charge in [0.15, 0.2) is 0 Å². The van der Waals surface area contributed by atoms with Gasteiger partial charge in [-0.05, 0) is 13.0 Å². The van der Waals surface area contributed by atoms with Gasteiger partial charge in [-0.15, -0.1) is 11.8 Å². The van der Waals surface area contributed by atoms with E-state index in [2.05, 4.69) is 0 Å². The number of sulfone groups is 1. The monoisotopic (exact) mass is 265 g/mol. The van der Waals surface area contributed by atoms with E-state index in [9.17, 15) is 21.6 Å². The number of rotatable bonds is 6. The number of thioether (sulfide) groups is 1. The molecule has 0 aromatic heterocycles. The molecule has 1 unspecified atom stereocenters. The Balaban J connectivity index is 4.09. The van der Waals surface area contributed by atoms with E-state index in [1.54, 1.807) is 0 Å². The van der Waals surface area contributed by atoms with Crippen molar-refractivity contribution in [3.63, 3.8) is 0 Å². The Bertz CT molecular complexity index is 276. The second-order valence-corrected chi connectivity index (χ2v) is 6.68. The molecule has 0 aliphatic heterocycles. The maximum Gasteiger partial charge on any atom is 0.400 e. The molecule has 0 radical (unpaired) electrons. The van der Waals surface area contributed by atoms with Crippen LogP contribution in [0.15, 0.2) is 0 Å². The first-order chi connectivity index (χ1) is 6.67. The van der Waals surface area contributed by atoms with E-state index in [1.165, 1.54) is 0 Å². The SMILES string of the molecule is CS(=O)(=O)CCSC(CCN)C(F)(F)F. The third-order valence-corrected chi connectivity index (χ3v) is 4.12. The molecule has 0 saturated heterocycles. The number of alkyl halides is 3. The normalized spacial score (nSPS) is 15.3. The van der Waals surface area contributed by atoms with Crippen LogP contribution in [0, 0.1) is 0 Å². The summed E-state index contributed by atoms with van der Waals surface area (Å²) < 4.78 is 58.3. The van der Waals surface area contributed by atoms with Crippen LogP contribution in [0.1, 0.15) is 6.42 Å². The molecule has 3 nitrogen and oxygen atoms in total. The summed E-state index contributed by atoms with van der Waals surface area (Å²) in [5, 5.41) is -1.57. The number of hydrogen-bond donors (Lipinski definition) is 1. The summed E-state index contributed by atoms with van der Waals surface area (Å²) in [7, 11) is -3.20. The molecule has 0 aliphatic carbocycles. The molecule has 0 amide bonds. The molecular weight excluding hydrogens is 251 g/mol.